The van der Waals surface area contributed by atoms with Crippen LogP contribution in [0.25, 0.3) is 0 Å². The molecule has 0 spiro atoms. The molecule has 1 aliphatic rings. The maximum atomic E-state index is 14.2. The van der Waals surface area contributed by atoms with Gasteiger partial charge in [-0.15, -0.1) is 0 Å². The van der Waals surface area contributed by atoms with E-state index in [1.165, 1.54) is 7.11 Å². The Bertz CT molecular complexity index is 1330. The number of hydrogen-bond acceptors (Lipinski definition) is 9. The van der Waals surface area contributed by atoms with E-state index in [9.17, 15) is 19.2 Å². The van der Waals surface area contributed by atoms with Gasteiger partial charge in [-0.1, -0.05) is 97.4 Å². The number of hydrogen-bond donors (Lipinski definition) is 3. The SMILES string of the molecule is CCC(C)C(C(CC(=O)N1CCCC1C(OC)C(C)C(=S)NC(Cc1ccccc1)C(=O)OC)OC)N(C)C(=O)C(NC(=O)C(NC)C(C)C)C(C)C. The molecule has 3 amide bonds. The first kappa shape index (κ1) is 46.0. The Kier molecular flexibility index (Phi) is 19.4. The minimum atomic E-state index is -0.752. The Hall–Kier alpha value is -3.13. The molecular formula is C40H67N5O7S. The summed E-state index contributed by atoms with van der Waals surface area (Å²) in [5.74, 6) is -1.43. The third-order valence-corrected chi connectivity index (χ3v) is 11.3. The van der Waals surface area contributed by atoms with Crippen molar-refractivity contribution in [2.45, 2.75) is 123 Å². The summed E-state index contributed by atoms with van der Waals surface area (Å²) in [5, 5.41) is 9.28. The zero-order valence-corrected chi connectivity index (χ0v) is 35.0. The van der Waals surface area contributed by atoms with Crippen LogP contribution in [0.2, 0.25) is 0 Å². The van der Waals surface area contributed by atoms with Crippen molar-refractivity contribution in [2.24, 2.45) is 23.7 Å². The van der Waals surface area contributed by atoms with E-state index in [-0.39, 0.29) is 53.9 Å². The highest BCUT2D eigenvalue weighted by Gasteiger charge is 2.43. The number of carbonyl (C=O) groups excluding carboxylic acids is 4. The largest absolute Gasteiger partial charge is 0.467 e. The predicted octanol–water partition coefficient (Wildman–Crippen LogP) is 3.99. The number of benzene rings is 1. The normalized spacial score (nSPS) is 19.1. The monoisotopic (exact) mass is 761 g/mol. The third-order valence-electron chi connectivity index (χ3n) is 10.8. The topological polar surface area (TPSA) is 139 Å². The van der Waals surface area contributed by atoms with E-state index in [0.717, 1.165) is 24.8 Å². The van der Waals surface area contributed by atoms with E-state index >= 15 is 0 Å². The van der Waals surface area contributed by atoms with Crippen LogP contribution >= 0.6 is 12.2 Å². The highest BCUT2D eigenvalue weighted by molar-refractivity contribution is 7.80. The Morgan fingerprint density at radius 1 is 0.943 bits per heavy atom. The van der Waals surface area contributed by atoms with Gasteiger partial charge in [-0.3, -0.25) is 14.4 Å². The van der Waals surface area contributed by atoms with Crippen LogP contribution in [0, 0.1) is 23.7 Å². The summed E-state index contributed by atoms with van der Waals surface area (Å²) < 4.78 is 17.2. The molecule has 12 nitrogen and oxygen atoms in total. The lowest BCUT2D eigenvalue weighted by Crippen LogP contribution is -2.59. The summed E-state index contributed by atoms with van der Waals surface area (Å²) in [6.07, 6.45) is 1.70. The van der Waals surface area contributed by atoms with Crippen molar-refractivity contribution in [3.8, 4) is 0 Å². The van der Waals surface area contributed by atoms with Crippen molar-refractivity contribution in [1.82, 2.24) is 25.8 Å². The second-order valence-electron chi connectivity index (χ2n) is 15.1. The highest BCUT2D eigenvalue weighted by atomic mass is 32.1. The molecule has 0 bridgehead atoms. The number of ether oxygens (including phenoxy) is 3. The minimum Gasteiger partial charge on any atom is -0.467 e. The number of rotatable bonds is 21. The van der Waals surface area contributed by atoms with Gasteiger partial charge in [0.2, 0.25) is 17.7 Å². The van der Waals surface area contributed by atoms with E-state index in [4.69, 9.17) is 26.4 Å². The van der Waals surface area contributed by atoms with Crippen LogP contribution < -0.4 is 16.0 Å². The lowest BCUT2D eigenvalue weighted by Gasteiger charge is -2.41. The van der Waals surface area contributed by atoms with E-state index in [0.29, 0.717) is 18.0 Å². The van der Waals surface area contributed by atoms with Crippen LogP contribution in [0.3, 0.4) is 0 Å². The second-order valence-corrected chi connectivity index (χ2v) is 15.5. The van der Waals surface area contributed by atoms with Crippen molar-refractivity contribution in [1.29, 1.82) is 0 Å². The molecule has 1 aliphatic heterocycles. The molecule has 0 aromatic heterocycles. The van der Waals surface area contributed by atoms with E-state index in [2.05, 4.69) is 29.8 Å². The van der Waals surface area contributed by atoms with Crippen LogP contribution in [0.15, 0.2) is 30.3 Å². The quantitative estimate of drug-likeness (QED) is 0.125. The summed E-state index contributed by atoms with van der Waals surface area (Å²) in [6.45, 7) is 14.3. The number of carbonyl (C=O) groups is 4. The zero-order chi connectivity index (χ0) is 40.0. The van der Waals surface area contributed by atoms with Crippen molar-refractivity contribution in [2.75, 3.05) is 42.0 Å². The average Bonchev–Trinajstić information content (AvgIpc) is 3.62. The smallest absolute Gasteiger partial charge is 0.328 e. The molecule has 1 fully saturated rings. The molecule has 3 N–H and O–H groups in total. The van der Waals surface area contributed by atoms with Gasteiger partial charge < -0.3 is 40.0 Å². The fourth-order valence-electron chi connectivity index (χ4n) is 7.54. The van der Waals surface area contributed by atoms with Gasteiger partial charge in [-0.25, -0.2) is 4.79 Å². The van der Waals surface area contributed by atoms with Crippen LogP contribution in [0.4, 0.5) is 0 Å². The Morgan fingerprint density at radius 3 is 2.08 bits per heavy atom. The molecule has 300 valence electrons. The maximum Gasteiger partial charge on any atom is 0.328 e. The van der Waals surface area contributed by atoms with E-state index in [1.54, 1.807) is 33.2 Å². The van der Waals surface area contributed by atoms with E-state index in [1.807, 2.05) is 69.9 Å². The van der Waals surface area contributed by atoms with Crippen molar-refractivity contribution < 1.29 is 33.4 Å². The van der Waals surface area contributed by atoms with Gasteiger partial charge in [0, 0.05) is 40.2 Å². The van der Waals surface area contributed by atoms with Crippen LogP contribution in [-0.2, 0) is 39.8 Å². The van der Waals surface area contributed by atoms with E-state index < -0.39 is 42.3 Å². The third kappa shape index (κ3) is 12.4. The number of thiocarbonyl (C=S) groups is 1. The Labute approximate surface area is 323 Å². The predicted molar refractivity (Wildman–Crippen MR) is 212 cm³/mol. The van der Waals surface area contributed by atoms with Crippen LogP contribution in [0.1, 0.15) is 79.7 Å². The first-order chi connectivity index (χ1) is 25.1. The Morgan fingerprint density at radius 2 is 1.57 bits per heavy atom. The van der Waals surface area contributed by atoms with Gasteiger partial charge in [0.15, 0.2) is 0 Å². The van der Waals surface area contributed by atoms with Gasteiger partial charge in [-0.2, -0.15) is 0 Å². The molecule has 9 atom stereocenters. The zero-order valence-electron chi connectivity index (χ0n) is 34.1. The molecule has 1 heterocycles. The van der Waals surface area contributed by atoms with Gasteiger partial charge in [0.05, 0.1) is 48.9 Å². The number of likely N-dealkylation sites (N-methyl/N-ethyl adjacent to an activating group) is 2. The summed E-state index contributed by atoms with van der Waals surface area (Å²) in [6, 6.07) is 7.10. The van der Waals surface area contributed by atoms with Gasteiger partial charge in [0.25, 0.3) is 0 Å². The number of nitrogens with one attached hydrogen (secondary N) is 3. The second kappa shape index (κ2) is 22.3. The lowest BCUT2D eigenvalue weighted by atomic mass is 9.89. The molecule has 1 aromatic rings. The molecular weight excluding hydrogens is 695 g/mol. The minimum absolute atomic E-state index is 0.00542. The summed E-state index contributed by atoms with van der Waals surface area (Å²) in [5.41, 5.74) is 0.968. The number of likely N-dealkylation sites (tertiary alicyclic amines) is 1. The number of methoxy groups -OCH3 is 3. The highest BCUT2D eigenvalue weighted by Crippen LogP contribution is 2.30. The molecule has 0 radical (unpaired) electrons. The van der Waals surface area contributed by atoms with Crippen LogP contribution in [-0.4, -0.2) is 123 Å². The van der Waals surface area contributed by atoms with Crippen molar-refractivity contribution in [3.05, 3.63) is 35.9 Å². The van der Waals surface area contributed by atoms with Gasteiger partial charge in [-0.05, 0) is 43.2 Å². The first-order valence-electron chi connectivity index (χ1n) is 19.1. The number of esters is 1. The van der Waals surface area contributed by atoms with Crippen molar-refractivity contribution >= 4 is 40.9 Å². The fraction of sp³-hybridized carbons (Fsp3) is 0.725. The first-order valence-corrected chi connectivity index (χ1v) is 19.5. The van der Waals surface area contributed by atoms with Gasteiger partial charge >= 0.3 is 5.97 Å². The Balaban J connectivity index is 2.27. The average molecular weight is 762 g/mol. The molecule has 1 saturated heterocycles. The van der Waals surface area contributed by atoms with Gasteiger partial charge in [0.1, 0.15) is 12.1 Å². The summed E-state index contributed by atoms with van der Waals surface area (Å²) in [7, 11) is 8.03. The standard InChI is InChI=1S/C40H67N5O7S/c1-13-26(6)35(44(9)39(48)34(25(4)5)43-37(47)33(41-8)24(2)3)31(50-10)23-32(46)45-21-17-20-30(45)36(51-11)27(7)38(53)42-29(40(49)52-12)22-28-18-15-14-16-19-28/h14-16,18-19,24-27,29-31,33-36,41H,13,17,20-23H2,1-12H3,(H,42,53)(H,43,47). The number of amides is 3. The van der Waals surface area contributed by atoms with Crippen LogP contribution in [0.5, 0.6) is 0 Å². The molecule has 1 aromatic carbocycles. The molecule has 2 rings (SSSR count). The lowest BCUT2D eigenvalue weighted by molar-refractivity contribution is -0.147. The number of nitrogens with zero attached hydrogens (tertiary/aromatic N) is 2. The summed E-state index contributed by atoms with van der Waals surface area (Å²) >= 11 is 5.85. The molecule has 9 unspecified atom stereocenters. The maximum absolute atomic E-state index is 14.2. The molecule has 0 saturated carbocycles. The fourth-order valence-corrected chi connectivity index (χ4v) is 7.81. The molecule has 13 heteroatoms. The molecule has 53 heavy (non-hydrogen) atoms. The molecule has 0 aliphatic carbocycles. The van der Waals surface area contributed by atoms with Crippen molar-refractivity contribution in [3.63, 3.8) is 0 Å². The summed E-state index contributed by atoms with van der Waals surface area (Å²) in [4.78, 5) is 58.3.